The van der Waals surface area contributed by atoms with E-state index >= 15 is 4.39 Å². The molecule has 2 aliphatic rings. The van der Waals surface area contributed by atoms with Crippen LogP contribution in [0.25, 0.3) is 10.9 Å². The summed E-state index contributed by atoms with van der Waals surface area (Å²) in [4.78, 5) is 43.0. The molecule has 242 valence electrons. The van der Waals surface area contributed by atoms with Crippen molar-refractivity contribution in [1.29, 1.82) is 0 Å². The van der Waals surface area contributed by atoms with Crippen LogP contribution < -0.4 is 25.1 Å². The van der Waals surface area contributed by atoms with Crippen molar-refractivity contribution in [2.75, 3.05) is 37.9 Å². The van der Waals surface area contributed by atoms with Crippen molar-refractivity contribution in [2.24, 2.45) is 0 Å². The average Bonchev–Trinajstić information content (AvgIpc) is 3.79. The van der Waals surface area contributed by atoms with Gasteiger partial charge in [-0.15, -0.1) is 0 Å². The van der Waals surface area contributed by atoms with Gasteiger partial charge in [0.2, 0.25) is 21.4 Å². The number of sulfonamides is 1. The second-order valence-corrected chi connectivity index (χ2v) is 14.2. The molecule has 0 radical (unpaired) electrons. The van der Waals surface area contributed by atoms with Crippen molar-refractivity contribution in [1.82, 2.24) is 19.5 Å². The third-order valence-electron chi connectivity index (χ3n) is 8.08. The number of hydrogen-bond donors (Lipinski definition) is 2. The fourth-order valence-electron chi connectivity index (χ4n) is 5.93. The van der Waals surface area contributed by atoms with Crippen LogP contribution in [-0.4, -0.2) is 74.8 Å². The molecule has 2 heterocycles. The van der Waals surface area contributed by atoms with Gasteiger partial charge in [-0.3, -0.25) is 24.0 Å². The standard InChI is InChI=1S/C30H34Cl2FN5O6S/c1-16-12-36(13-17(2)37(16)15-25(39)35-45(4,42)43)27-24(33)10-21-26(29(27)44-3)38(20-7-8-20)14-22(28(21)40)30(41)34-11-18-5-6-19(31)9-23(18)32/h5-6,9-10,14,16-17,20H,7-8,11-13,15H2,1-4H3,(H,34,41)(H,35,39)/t16-,17+. The lowest BCUT2D eigenvalue weighted by Crippen LogP contribution is -2.59. The van der Waals surface area contributed by atoms with Gasteiger partial charge in [0.05, 0.1) is 30.8 Å². The van der Waals surface area contributed by atoms with Crippen LogP contribution in [0.1, 0.15) is 48.7 Å². The van der Waals surface area contributed by atoms with Gasteiger partial charge in [-0.2, -0.15) is 0 Å². The SMILES string of the molecule is COc1c(N2C[C@@H](C)N(CC(=O)NS(C)(=O)=O)[C@@H](C)C2)c(F)cc2c(=O)c(C(=O)NCc3ccc(Cl)cc3Cl)cn(C3CC3)c12. The summed E-state index contributed by atoms with van der Waals surface area (Å²) in [7, 11) is -2.29. The first kappa shape index (κ1) is 33.0. The number of rotatable bonds is 9. The van der Waals surface area contributed by atoms with Crippen molar-refractivity contribution in [3.05, 3.63) is 67.7 Å². The lowest BCUT2D eigenvalue weighted by molar-refractivity contribution is -0.121. The van der Waals surface area contributed by atoms with Crippen molar-refractivity contribution in [3.8, 4) is 5.75 Å². The fourth-order valence-corrected chi connectivity index (χ4v) is 6.88. The number of piperazine rings is 1. The summed E-state index contributed by atoms with van der Waals surface area (Å²) in [5.41, 5.74) is 0.432. The fraction of sp³-hybridized carbons (Fsp3) is 0.433. The van der Waals surface area contributed by atoms with Crippen molar-refractivity contribution in [3.63, 3.8) is 0 Å². The van der Waals surface area contributed by atoms with Crippen molar-refractivity contribution in [2.45, 2.75) is 51.4 Å². The summed E-state index contributed by atoms with van der Waals surface area (Å²) < 4.78 is 48.7. The monoisotopic (exact) mass is 681 g/mol. The molecule has 0 unspecified atom stereocenters. The van der Waals surface area contributed by atoms with Gasteiger partial charge in [-0.1, -0.05) is 29.3 Å². The van der Waals surface area contributed by atoms with Crippen LogP contribution in [-0.2, 0) is 21.4 Å². The van der Waals surface area contributed by atoms with E-state index in [1.807, 2.05) is 32.9 Å². The average molecular weight is 683 g/mol. The number of carbonyl (C=O) groups is 2. The Hall–Kier alpha value is -3.39. The number of fused-ring (bicyclic) bond motifs is 1. The molecule has 2 amide bonds. The van der Waals surface area contributed by atoms with Crippen LogP contribution in [0.3, 0.4) is 0 Å². The molecule has 1 saturated carbocycles. The van der Waals surface area contributed by atoms with Crippen LogP contribution >= 0.6 is 23.2 Å². The Morgan fingerprint density at radius 1 is 1.11 bits per heavy atom. The lowest BCUT2D eigenvalue weighted by Gasteiger charge is -2.45. The van der Waals surface area contributed by atoms with Gasteiger partial charge in [-0.25, -0.2) is 12.8 Å². The topological polar surface area (TPSA) is 130 Å². The van der Waals surface area contributed by atoms with Gasteiger partial charge >= 0.3 is 0 Å². The zero-order valence-electron chi connectivity index (χ0n) is 25.2. The molecule has 2 N–H and O–H groups in total. The maximum Gasteiger partial charge on any atom is 0.257 e. The minimum Gasteiger partial charge on any atom is -0.492 e. The molecule has 45 heavy (non-hydrogen) atoms. The maximum absolute atomic E-state index is 16.1. The Bertz CT molecular complexity index is 1840. The minimum atomic E-state index is -3.70. The molecule has 1 saturated heterocycles. The van der Waals surface area contributed by atoms with E-state index in [-0.39, 0.29) is 53.6 Å². The van der Waals surface area contributed by atoms with Crippen molar-refractivity contribution < 1.29 is 27.1 Å². The molecule has 5 rings (SSSR count). The van der Waals surface area contributed by atoms with Gasteiger partial charge < -0.3 is 19.5 Å². The first-order chi connectivity index (χ1) is 21.2. The normalized spacial score (nSPS) is 19.0. The van der Waals surface area contributed by atoms with E-state index in [0.717, 1.165) is 25.2 Å². The Morgan fingerprint density at radius 2 is 1.78 bits per heavy atom. The first-order valence-corrected chi connectivity index (χ1v) is 17.0. The highest BCUT2D eigenvalue weighted by atomic mass is 35.5. The molecule has 1 aromatic heterocycles. The summed E-state index contributed by atoms with van der Waals surface area (Å²) in [6.07, 6.45) is 4.06. The number of nitrogens with one attached hydrogen (secondary N) is 2. The number of hydrogen-bond acceptors (Lipinski definition) is 8. The number of halogens is 3. The third kappa shape index (κ3) is 7.06. The molecule has 1 aliphatic heterocycles. The number of carbonyl (C=O) groups excluding carboxylic acids is 2. The molecule has 2 fully saturated rings. The number of benzene rings is 2. The van der Waals surface area contributed by atoms with Gasteiger partial charge in [0, 0.05) is 54.0 Å². The molecule has 2 atom stereocenters. The van der Waals surface area contributed by atoms with Gasteiger partial charge in [0.1, 0.15) is 11.3 Å². The predicted molar refractivity (Wildman–Crippen MR) is 171 cm³/mol. The Kier molecular flexibility index (Phi) is 9.37. The number of aromatic nitrogens is 1. The highest BCUT2D eigenvalue weighted by molar-refractivity contribution is 7.89. The number of pyridine rings is 1. The summed E-state index contributed by atoms with van der Waals surface area (Å²) in [5.74, 6) is -1.78. The lowest BCUT2D eigenvalue weighted by atomic mass is 10.0. The molecule has 3 aromatic rings. The molecular formula is C30H34Cl2FN5O6S. The van der Waals surface area contributed by atoms with E-state index in [4.69, 9.17) is 27.9 Å². The van der Waals surface area contributed by atoms with Crippen molar-refractivity contribution >= 4 is 61.6 Å². The number of ether oxygens (including phenoxy) is 1. The molecule has 1 aliphatic carbocycles. The van der Waals surface area contributed by atoms with Gasteiger partial charge in [0.25, 0.3) is 5.91 Å². The Balaban J connectivity index is 1.48. The molecule has 11 nitrogen and oxygen atoms in total. The van der Waals surface area contributed by atoms with E-state index in [2.05, 4.69) is 5.32 Å². The molecular weight excluding hydrogens is 648 g/mol. The van der Waals surface area contributed by atoms with Crippen LogP contribution in [0.5, 0.6) is 5.75 Å². The Morgan fingerprint density at radius 3 is 2.36 bits per heavy atom. The number of methoxy groups -OCH3 is 1. The highest BCUT2D eigenvalue weighted by Crippen LogP contribution is 2.44. The minimum absolute atomic E-state index is 0.000576. The van der Waals surface area contributed by atoms with Gasteiger partial charge in [0.15, 0.2) is 11.6 Å². The third-order valence-corrected chi connectivity index (χ3v) is 9.27. The molecule has 2 aromatic carbocycles. The maximum atomic E-state index is 16.1. The van der Waals surface area contributed by atoms with Crippen LogP contribution in [0.2, 0.25) is 10.0 Å². The van der Waals surface area contributed by atoms with E-state index in [1.54, 1.807) is 18.2 Å². The number of nitrogens with zero attached hydrogens (tertiary/aromatic N) is 3. The smallest absolute Gasteiger partial charge is 0.257 e. The van der Waals surface area contributed by atoms with E-state index in [9.17, 15) is 22.8 Å². The zero-order valence-corrected chi connectivity index (χ0v) is 27.5. The van der Waals surface area contributed by atoms with Gasteiger partial charge in [-0.05, 0) is 50.5 Å². The van der Waals surface area contributed by atoms with Crippen LogP contribution in [0.15, 0.2) is 35.3 Å². The van der Waals surface area contributed by atoms with E-state index in [0.29, 0.717) is 34.2 Å². The molecule has 15 heteroatoms. The number of amides is 2. The second-order valence-electron chi connectivity index (χ2n) is 11.6. The zero-order chi connectivity index (χ0) is 32.8. The van der Waals surface area contributed by atoms with E-state index in [1.165, 1.54) is 13.3 Å². The first-order valence-electron chi connectivity index (χ1n) is 14.4. The highest BCUT2D eigenvalue weighted by Gasteiger charge is 2.36. The quantitative estimate of drug-likeness (QED) is 0.350. The van der Waals surface area contributed by atoms with Crippen LogP contribution in [0.4, 0.5) is 10.1 Å². The summed E-state index contributed by atoms with van der Waals surface area (Å²) >= 11 is 12.2. The second kappa shape index (κ2) is 12.8. The largest absolute Gasteiger partial charge is 0.492 e. The summed E-state index contributed by atoms with van der Waals surface area (Å²) in [6, 6.07) is 5.53. The molecule has 0 spiro atoms. The number of anilines is 1. The summed E-state index contributed by atoms with van der Waals surface area (Å²) in [6.45, 7) is 4.25. The molecule has 0 bridgehead atoms. The predicted octanol–water partition coefficient (Wildman–Crippen LogP) is 3.70. The Labute approximate surface area is 270 Å². The van der Waals surface area contributed by atoms with E-state index < -0.39 is 33.1 Å². The van der Waals surface area contributed by atoms with Crippen LogP contribution in [0, 0.1) is 5.82 Å². The summed E-state index contributed by atoms with van der Waals surface area (Å²) in [5, 5.41) is 3.58.